The first-order valence-electron chi connectivity index (χ1n) is 9.88. The van der Waals surface area contributed by atoms with Crippen LogP contribution in [-0.4, -0.2) is 95.6 Å². The molecule has 0 saturated carbocycles. The van der Waals surface area contributed by atoms with Gasteiger partial charge in [0.2, 0.25) is 5.91 Å². The number of thioether (sulfide) groups is 3. The van der Waals surface area contributed by atoms with Gasteiger partial charge in [-0.05, 0) is 12.0 Å². The Morgan fingerprint density at radius 3 is 2.43 bits per heavy atom. The van der Waals surface area contributed by atoms with Crippen LogP contribution >= 0.6 is 46.6 Å². The first-order chi connectivity index (χ1) is 16.6. The van der Waals surface area contributed by atoms with Crippen molar-refractivity contribution in [3.63, 3.8) is 0 Å². The maximum atomic E-state index is 13.0. The number of carboxylic acids is 3. The number of amides is 2. The van der Waals surface area contributed by atoms with Crippen molar-refractivity contribution in [2.24, 2.45) is 0 Å². The van der Waals surface area contributed by atoms with Crippen LogP contribution in [0, 0.1) is 0 Å². The van der Waals surface area contributed by atoms with Gasteiger partial charge in [-0.15, -0.1) is 22.0 Å². The van der Waals surface area contributed by atoms with E-state index in [2.05, 4.69) is 15.5 Å². The summed E-state index contributed by atoms with van der Waals surface area (Å²) in [6.07, 6.45) is -0.242. The molecule has 35 heavy (non-hydrogen) atoms. The van der Waals surface area contributed by atoms with Crippen molar-refractivity contribution < 1.29 is 44.0 Å². The van der Waals surface area contributed by atoms with Crippen molar-refractivity contribution in [2.75, 3.05) is 24.4 Å². The highest BCUT2D eigenvalue weighted by atomic mass is 32.2. The van der Waals surface area contributed by atoms with Gasteiger partial charge in [-0.25, -0.2) is 4.79 Å². The molecule has 17 heteroatoms. The molecule has 0 bridgehead atoms. The normalized spacial score (nSPS) is 21.3. The predicted molar refractivity (Wildman–Crippen MR) is 126 cm³/mol. The summed E-state index contributed by atoms with van der Waals surface area (Å²) in [5.74, 6) is -4.31. The summed E-state index contributed by atoms with van der Waals surface area (Å²) in [5, 5.41) is 36.9. The summed E-state index contributed by atoms with van der Waals surface area (Å²) in [5.41, 5.74) is -1.45. The van der Waals surface area contributed by atoms with Crippen LogP contribution in [-0.2, 0) is 28.7 Å². The highest BCUT2D eigenvalue weighted by Gasteiger charge is 2.66. The minimum atomic E-state index is -1.74. The molecule has 190 valence electrons. The van der Waals surface area contributed by atoms with Gasteiger partial charge in [-0.3, -0.25) is 24.1 Å². The van der Waals surface area contributed by atoms with Crippen LogP contribution in [0.2, 0.25) is 0 Å². The molecule has 1 aromatic heterocycles. The Labute approximate surface area is 215 Å². The minimum Gasteiger partial charge on any atom is -0.481 e. The molecule has 1 aromatic rings. The highest BCUT2D eigenvalue weighted by molar-refractivity contribution is 8.03. The number of aliphatic carboxylic acids is 3. The Morgan fingerprint density at radius 1 is 1.14 bits per heavy atom. The molecule has 3 heterocycles. The molecule has 2 aliphatic rings. The number of β-lactam (4-membered cyclic amide) rings is 1. The molecular formula is C18H20N4O9S4. The number of hydrogen-bond donors (Lipinski definition) is 4. The second-order valence-electron chi connectivity index (χ2n) is 7.14. The van der Waals surface area contributed by atoms with E-state index in [1.165, 1.54) is 42.0 Å². The molecule has 4 N–H and O–H groups in total. The molecule has 0 aromatic carbocycles. The number of nitrogens with zero attached hydrogens (tertiary/aromatic N) is 3. The first-order valence-corrected chi connectivity index (χ1v) is 13.7. The number of carbonyl (C=O) groups excluding carboxylic acids is 2. The van der Waals surface area contributed by atoms with E-state index in [4.69, 9.17) is 14.9 Å². The van der Waals surface area contributed by atoms with Crippen LogP contribution in [0.1, 0.15) is 19.3 Å². The Bertz CT molecular complexity index is 1080. The van der Waals surface area contributed by atoms with Crippen molar-refractivity contribution in [3.05, 3.63) is 11.3 Å². The lowest BCUT2D eigenvalue weighted by atomic mass is 9.98. The summed E-state index contributed by atoms with van der Waals surface area (Å²) in [7, 11) is 1.23. The van der Waals surface area contributed by atoms with Crippen molar-refractivity contribution >= 4 is 76.3 Å². The topological polar surface area (TPSA) is 196 Å². The summed E-state index contributed by atoms with van der Waals surface area (Å²) in [6, 6.07) is 0. The molecule has 1 fully saturated rings. The molecule has 3 rings (SSSR count). The van der Waals surface area contributed by atoms with Crippen LogP contribution in [0.3, 0.4) is 0 Å². The number of hydrogen-bond acceptors (Lipinski definition) is 12. The van der Waals surface area contributed by atoms with Crippen LogP contribution in [0.4, 0.5) is 0 Å². The Kier molecular flexibility index (Phi) is 9.03. The quantitative estimate of drug-likeness (QED) is 0.149. The maximum Gasteiger partial charge on any atom is 0.352 e. The van der Waals surface area contributed by atoms with Crippen LogP contribution < -0.4 is 5.32 Å². The summed E-state index contributed by atoms with van der Waals surface area (Å²) in [4.78, 5) is 59.8. The molecule has 2 amide bonds. The molecule has 0 spiro atoms. The smallest absolute Gasteiger partial charge is 0.352 e. The zero-order chi connectivity index (χ0) is 25.8. The van der Waals surface area contributed by atoms with E-state index >= 15 is 0 Å². The van der Waals surface area contributed by atoms with Gasteiger partial charge in [-0.2, -0.15) is 0 Å². The van der Waals surface area contributed by atoms with Gasteiger partial charge in [0.25, 0.3) is 11.6 Å². The minimum absolute atomic E-state index is 0.0838. The van der Waals surface area contributed by atoms with Crippen LogP contribution in [0.15, 0.2) is 19.9 Å². The van der Waals surface area contributed by atoms with Gasteiger partial charge in [-0.1, -0.05) is 34.9 Å². The van der Waals surface area contributed by atoms with Crippen molar-refractivity contribution in [2.45, 2.75) is 39.0 Å². The lowest BCUT2D eigenvalue weighted by Gasteiger charge is -2.55. The number of fused-ring (bicyclic) bond motifs is 1. The Balaban J connectivity index is 1.69. The van der Waals surface area contributed by atoms with Gasteiger partial charge in [0.15, 0.2) is 8.68 Å². The summed E-state index contributed by atoms with van der Waals surface area (Å²) < 4.78 is 6.35. The lowest BCUT2D eigenvalue weighted by molar-refractivity contribution is -0.192. The highest BCUT2D eigenvalue weighted by Crippen LogP contribution is 2.47. The van der Waals surface area contributed by atoms with E-state index in [9.17, 15) is 29.1 Å². The van der Waals surface area contributed by atoms with E-state index in [1.54, 1.807) is 0 Å². The van der Waals surface area contributed by atoms with Gasteiger partial charge < -0.3 is 25.4 Å². The van der Waals surface area contributed by atoms with Crippen LogP contribution in [0.5, 0.6) is 0 Å². The largest absolute Gasteiger partial charge is 0.481 e. The number of nitrogens with one attached hydrogen (secondary N) is 1. The van der Waals surface area contributed by atoms with E-state index in [-0.39, 0.29) is 42.2 Å². The zero-order valence-corrected chi connectivity index (χ0v) is 21.4. The van der Waals surface area contributed by atoms with E-state index in [1.807, 2.05) is 0 Å². The van der Waals surface area contributed by atoms with Gasteiger partial charge in [0, 0.05) is 31.5 Å². The van der Waals surface area contributed by atoms with Gasteiger partial charge >= 0.3 is 17.9 Å². The van der Waals surface area contributed by atoms with Crippen molar-refractivity contribution in [1.29, 1.82) is 0 Å². The third kappa shape index (κ3) is 6.08. The first kappa shape index (κ1) is 27.3. The molecule has 2 unspecified atom stereocenters. The molecular weight excluding hydrogens is 544 g/mol. The Morgan fingerprint density at radius 2 is 1.83 bits per heavy atom. The van der Waals surface area contributed by atoms with Crippen molar-refractivity contribution in [3.8, 4) is 0 Å². The predicted octanol–water partition coefficient (Wildman–Crippen LogP) is 0.775. The number of methoxy groups -OCH3 is 1. The summed E-state index contributed by atoms with van der Waals surface area (Å²) >= 11 is 4.67. The summed E-state index contributed by atoms with van der Waals surface area (Å²) in [6.45, 7) is 0. The van der Waals surface area contributed by atoms with Gasteiger partial charge in [0.1, 0.15) is 11.1 Å². The number of ether oxygens (including phenoxy) is 1. The molecule has 2 atom stereocenters. The monoisotopic (exact) mass is 564 g/mol. The van der Waals surface area contributed by atoms with E-state index in [0.29, 0.717) is 14.3 Å². The number of rotatable bonds is 13. The molecule has 1 saturated heterocycles. The molecule has 0 radical (unpaired) electrons. The molecule has 2 aliphatic heterocycles. The van der Waals surface area contributed by atoms with Gasteiger partial charge in [0.05, 0.1) is 5.75 Å². The number of carbonyl (C=O) groups is 5. The second kappa shape index (κ2) is 11.6. The van der Waals surface area contributed by atoms with Crippen molar-refractivity contribution in [1.82, 2.24) is 20.4 Å². The van der Waals surface area contributed by atoms with E-state index < -0.39 is 40.8 Å². The zero-order valence-electron chi connectivity index (χ0n) is 18.1. The fraction of sp³-hybridized carbons (Fsp3) is 0.500. The van der Waals surface area contributed by atoms with E-state index in [0.717, 1.165) is 16.7 Å². The lowest BCUT2D eigenvalue weighted by Crippen LogP contribution is -2.80. The SMILES string of the molecule is COC1(NC(=O)CCCC(=O)O)C(=O)N2C(C(=O)O)=C(CSc3nnc(SCC(=O)O)s3)CSC21. The molecule has 13 nitrogen and oxygen atoms in total. The number of aromatic nitrogens is 2. The number of carboxylic acid groups (broad SMARTS) is 3. The average Bonchev–Trinajstić information content (AvgIpc) is 3.26. The fourth-order valence-corrected chi connectivity index (χ4v) is 7.63. The second-order valence-corrected chi connectivity index (χ2v) is 11.6. The fourth-order valence-electron chi connectivity index (χ4n) is 3.31. The maximum absolute atomic E-state index is 13.0. The third-order valence-electron chi connectivity index (χ3n) is 4.83. The standard InChI is InChI=1S/C18H20N4O9S4/c1-31-18(19-9(23)3-2-4-10(24)25)14(30)22-12(13(28)29)8(5-32-15(18)22)6-33-16-20-21-17(35-16)34-7-11(26)27/h15H,2-7H2,1H3,(H,19,23)(H,24,25)(H,26,27)(H,28,29). The third-order valence-corrected chi connectivity index (χ3v) is 9.47. The molecule has 0 aliphatic carbocycles. The Hall–Kier alpha value is -2.34. The average molecular weight is 565 g/mol. The van der Waals surface area contributed by atoms with Crippen LogP contribution in [0.25, 0.3) is 0 Å².